The molecule has 2 aliphatic rings. The Hall–Kier alpha value is -2.02. The lowest BCUT2D eigenvalue weighted by Crippen LogP contribution is -2.45. The van der Waals surface area contributed by atoms with E-state index in [0.717, 1.165) is 30.7 Å². The number of hydrogen-bond donors (Lipinski definition) is 2. The van der Waals surface area contributed by atoms with Crippen LogP contribution >= 0.6 is 11.8 Å². The number of carbonyl (C=O) groups is 3. The second-order valence-electron chi connectivity index (χ2n) is 8.97. The smallest absolute Gasteiger partial charge is 0.255 e. The van der Waals surface area contributed by atoms with Crippen molar-refractivity contribution in [1.29, 1.82) is 0 Å². The fourth-order valence-corrected chi connectivity index (χ4v) is 5.43. The second-order valence-corrected chi connectivity index (χ2v) is 9.99. The molecule has 2 fully saturated rings. The van der Waals surface area contributed by atoms with E-state index in [9.17, 15) is 14.4 Å². The topological polar surface area (TPSA) is 78.5 Å². The fraction of sp³-hybridized carbons (Fsp3) is 0.640. The molecule has 1 saturated carbocycles. The van der Waals surface area contributed by atoms with Crippen molar-refractivity contribution < 1.29 is 14.4 Å². The van der Waals surface area contributed by atoms with Gasteiger partial charge in [-0.05, 0) is 50.2 Å². The van der Waals surface area contributed by atoms with Crippen LogP contribution in [0.2, 0.25) is 0 Å². The van der Waals surface area contributed by atoms with Gasteiger partial charge in [0.05, 0.1) is 17.2 Å². The molecule has 1 aliphatic heterocycles. The third-order valence-corrected chi connectivity index (χ3v) is 7.49. The molecule has 6 nitrogen and oxygen atoms in total. The zero-order valence-corrected chi connectivity index (χ0v) is 20.1. The highest BCUT2D eigenvalue weighted by Gasteiger charge is 2.29. The SMILES string of the molecule is CCCNC(=O)C1CCCN(C(=O)c2ccccc2SCC(=O)NCC2CCCCC2)C1. The summed E-state index contributed by atoms with van der Waals surface area (Å²) in [6.45, 7) is 4.58. The largest absolute Gasteiger partial charge is 0.356 e. The molecule has 32 heavy (non-hydrogen) atoms. The molecule has 1 aromatic carbocycles. The van der Waals surface area contributed by atoms with Crippen LogP contribution in [0.4, 0.5) is 0 Å². The molecule has 176 valence electrons. The van der Waals surface area contributed by atoms with Crippen LogP contribution in [0.1, 0.15) is 68.6 Å². The van der Waals surface area contributed by atoms with Gasteiger partial charge in [0.1, 0.15) is 0 Å². The van der Waals surface area contributed by atoms with Crippen molar-refractivity contribution >= 4 is 29.5 Å². The first-order valence-corrected chi connectivity index (χ1v) is 13.1. The van der Waals surface area contributed by atoms with E-state index in [0.29, 0.717) is 36.9 Å². The van der Waals surface area contributed by atoms with Gasteiger partial charge in [-0.3, -0.25) is 14.4 Å². The molecule has 1 unspecified atom stereocenters. The van der Waals surface area contributed by atoms with Gasteiger partial charge in [0.25, 0.3) is 5.91 Å². The van der Waals surface area contributed by atoms with E-state index in [1.165, 1.54) is 43.9 Å². The van der Waals surface area contributed by atoms with Crippen LogP contribution in [-0.2, 0) is 9.59 Å². The first-order valence-electron chi connectivity index (χ1n) is 12.1. The summed E-state index contributed by atoms with van der Waals surface area (Å²) >= 11 is 1.41. The van der Waals surface area contributed by atoms with Gasteiger partial charge in [-0.2, -0.15) is 0 Å². The highest BCUT2D eigenvalue weighted by Crippen LogP contribution is 2.26. The normalized spacial score (nSPS) is 19.4. The predicted octanol–water partition coefficient (Wildman–Crippen LogP) is 3.85. The van der Waals surface area contributed by atoms with Crippen molar-refractivity contribution in [2.45, 2.75) is 63.2 Å². The lowest BCUT2D eigenvalue weighted by atomic mass is 9.89. The van der Waals surface area contributed by atoms with Crippen molar-refractivity contribution in [3.8, 4) is 0 Å². The maximum atomic E-state index is 13.3. The minimum Gasteiger partial charge on any atom is -0.356 e. The van der Waals surface area contributed by atoms with E-state index >= 15 is 0 Å². The molecule has 2 N–H and O–H groups in total. The van der Waals surface area contributed by atoms with Gasteiger partial charge in [-0.15, -0.1) is 11.8 Å². The zero-order chi connectivity index (χ0) is 22.8. The van der Waals surface area contributed by atoms with Crippen LogP contribution < -0.4 is 10.6 Å². The number of nitrogens with one attached hydrogen (secondary N) is 2. The Kier molecular flexibility index (Phi) is 9.90. The minimum atomic E-state index is -0.148. The van der Waals surface area contributed by atoms with Gasteiger partial charge in [-0.25, -0.2) is 0 Å². The summed E-state index contributed by atoms with van der Waals surface area (Å²) in [5, 5.41) is 6.03. The Morgan fingerprint density at radius 1 is 1.03 bits per heavy atom. The molecule has 1 heterocycles. The van der Waals surface area contributed by atoms with E-state index < -0.39 is 0 Å². The molecule has 1 saturated heterocycles. The summed E-state index contributed by atoms with van der Waals surface area (Å²) in [6.07, 6.45) is 8.80. The molecule has 7 heteroatoms. The number of benzene rings is 1. The van der Waals surface area contributed by atoms with Crippen LogP contribution in [0.3, 0.4) is 0 Å². The monoisotopic (exact) mass is 459 g/mol. The van der Waals surface area contributed by atoms with Crippen LogP contribution in [-0.4, -0.2) is 54.6 Å². The van der Waals surface area contributed by atoms with E-state index in [1.54, 1.807) is 4.90 Å². The van der Waals surface area contributed by atoms with Crippen LogP contribution in [0, 0.1) is 11.8 Å². The van der Waals surface area contributed by atoms with E-state index in [1.807, 2.05) is 31.2 Å². The summed E-state index contributed by atoms with van der Waals surface area (Å²) < 4.78 is 0. The zero-order valence-electron chi connectivity index (χ0n) is 19.2. The molecule has 0 aromatic heterocycles. The van der Waals surface area contributed by atoms with E-state index in [-0.39, 0.29) is 23.6 Å². The van der Waals surface area contributed by atoms with Crippen molar-refractivity contribution in [2.75, 3.05) is 31.9 Å². The average Bonchev–Trinajstić information content (AvgIpc) is 2.85. The lowest BCUT2D eigenvalue weighted by Gasteiger charge is -2.32. The molecule has 3 amide bonds. The maximum absolute atomic E-state index is 13.3. The number of amides is 3. The Labute approximate surface area is 196 Å². The predicted molar refractivity (Wildman–Crippen MR) is 129 cm³/mol. The van der Waals surface area contributed by atoms with E-state index in [2.05, 4.69) is 10.6 Å². The van der Waals surface area contributed by atoms with Gasteiger partial charge in [0, 0.05) is 31.1 Å². The summed E-state index contributed by atoms with van der Waals surface area (Å²) in [5.41, 5.74) is 0.618. The fourth-order valence-electron chi connectivity index (χ4n) is 4.55. The number of rotatable bonds is 9. The van der Waals surface area contributed by atoms with Gasteiger partial charge in [0.15, 0.2) is 0 Å². The molecule has 0 spiro atoms. The van der Waals surface area contributed by atoms with Crippen LogP contribution in [0.25, 0.3) is 0 Å². The lowest BCUT2D eigenvalue weighted by molar-refractivity contribution is -0.126. The standard InChI is InChI=1S/C25H37N3O3S/c1-2-14-26-24(30)20-11-8-15-28(17-20)25(31)21-12-6-7-13-22(21)32-18-23(29)27-16-19-9-4-3-5-10-19/h6-7,12-13,19-20H,2-5,8-11,14-18H2,1H3,(H,26,30)(H,27,29). The number of nitrogens with zero attached hydrogens (tertiary/aromatic N) is 1. The summed E-state index contributed by atoms with van der Waals surface area (Å²) in [4.78, 5) is 40.6. The summed E-state index contributed by atoms with van der Waals surface area (Å²) in [6, 6.07) is 7.49. The molecular formula is C25H37N3O3S. The molecule has 1 aromatic rings. The number of carbonyl (C=O) groups excluding carboxylic acids is 3. The Morgan fingerprint density at radius 3 is 2.59 bits per heavy atom. The van der Waals surface area contributed by atoms with Crippen molar-refractivity contribution in [2.24, 2.45) is 11.8 Å². The van der Waals surface area contributed by atoms with Crippen molar-refractivity contribution in [1.82, 2.24) is 15.5 Å². The Balaban J connectivity index is 1.53. The first kappa shape index (κ1) is 24.6. The maximum Gasteiger partial charge on any atom is 0.255 e. The average molecular weight is 460 g/mol. The van der Waals surface area contributed by atoms with E-state index in [4.69, 9.17) is 0 Å². The third-order valence-electron chi connectivity index (χ3n) is 6.42. The molecular weight excluding hydrogens is 422 g/mol. The summed E-state index contributed by atoms with van der Waals surface area (Å²) in [7, 11) is 0. The first-order chi connectivity index (χ1) is 15.6. The molecule has 0 bridgehead atoms. The summed E-state index contributed by atoms with van der Waals surface area (Å²) in [5.74, 6) is 0.774. The molecule has 1 aliphatic carbocycles. The minimum absolute atomic E-state index is 0.0217. The number of piperidine rings is 1. The highest BCUT2D eigenvalue weighted by molar-refractivity contribution is 8.00. The third kappa shape index (κ3) is 7.26. The van der Waals surface area contributed by atoms with Gasteiger partial charge < -0.3 is 15.5 Å². The quantitative estimate of drug-likeness (QED) is 0.550. The van der Waals surface area contributed by atoms with Crippen LogP contribution in [0.5, 0.6) is 0 Å². The van der Waals surface area contributed by atoms with Crippen LogP contribution in [0.15, 0.2) is 29.2 Å². The molecule has 3 rings (SSSR count). The number of thioether (sulfide) groups is 1. The Bertz CT molecular complexity index is 779. The highest BCUT2D eigenvalue weighted by atomic mass is 32.2. The van der Waals surface area contributed by atoms with Crippen molar-refractivity contribution in [3.05, 3.63) is 29.8 Å². The number of likely N-dealkylation sites (tertiary alicyclic amines) is 1. The van der Waals surface area contributed by atoms with Crippen molar-refractivity contribution in [3.63, 3.8) is 0 Å². The Morgan fingerprint density at radius 2 is 1.81 bits per heavy atom. The molecule has 0 radical (unpaired) electrons. The van der Waals surface area contributed by atoms with Gasteiger partial charge >= 0.3 is 0 Å². The second kappa shape index (κ2) is 12.9. The van der Waals surface area contributed by atoms with Gasteiger partial charge in [0.2, 0.25) is 11.8 Å². The number of hydrogen-bond acceptors (Lipinski definition) is 4. The van der Waals surface area contributed by atoms with Gasteiger partial charge in [-0.1, -0.05) is 38.3 Å². The molecule has 1 atom stereocenters.